The van der Waals surface area contributed by atoms with Crippen LogP contribution in [0.5, 0.6) is 0 Å². The van der Waals surface area contributed by atoms with E-state index in [2.05, 4.69) is 28.6 Å². The molecule has 44 heavy (non-hydrogen) atoms. The number of rotatable bonds is 22. The molecular weight excluding hydrogens is 620 g/mol. The summed E-state index contributed by atoms with van der Waals surface area (Å²) >= 11 is 3.92. The van der Waals surface area contributed by atoms with Crippen LogP contribution in [0.25, 0.3) is 0 Å². The number of unbranched alkanes of at least 4 members (excludes halogenated alkanes) is 1. The Kier molecular flexibility index (Phi) is 19.8. The molecule has 0 aliphatic rings. The van der Waals surface area contributed by atoms with E-state index in [1.165, 1.54) is 0 Å². The fourth-order valence-electron chi connectivity index (χ4n) is 3.42. The Hall–Kier alpha value is -2.70. The summed E-state index contributed by atoms with van der Waals surface area (Å²) in [6.07, 6.45) is -17.2. The van der Waals surface area contributed by atoms with E-state index < -0.39 is 110 Å². The lowest BCUT2D eigenvalue weighted by Gasteiger charge is -2.27. The van der Waals surface area contributed by atoms with Gasteiger partial charge in [0.1, 0.15) is 55.3 Å². The molecular formula is C23H42N4O16S. The van der Waals surface area contributed by atoms with Crippen molar-refractivity contribution < 1.29 is 80.1 Å². The number of carboxylic acids is 1. The van der Waals surface area contributed by atoms with Crippen LogP contribution in [0, 0.1) is 0 Å². The first-order chi connectivity index (χ1) is 20.5. The number of carboxylic acid groups (broad SMARTS) is 1. The van der Waals surface area contributed by atoms with Crippen LogP contribution in [0.2, 0.25) is 0 Å². The highest BCUT2D eigenvalue weighted by molar-refractivity contribution is 7.80. The van der Waals surface area contributed by atoms with E-state index in [1.54, 1.807) is 0 Å². The molecule has 4 amide bonds. The molecule has 21 heteroatoms. The predicted molar refractivity (Wildman–Crippen MR) is 147 cm³/mol. The largest absolute Gasteiger partial charge is 0.480 e. The molecule has 0 saturated carbocycles. The Morgan fingerprint density at radius 1 is 0.591 bits per heavy atom. The van der Waals surface area contributed by atoms with Crippen molar-refractivity contribution in [1.29, 1.82) is 0 Å². The number of thiol groups is 1. The zero-order valence-corrected chi connectivity index (χ0v) is 24.2. The van der Waals surface area contributed by atoms with Gasteiger partial charge in [0, 0.05) is 12.3 Å². The van der Waals surface area contributed by atoms with Gasteiger partial charge in [0.15, 0.2) is 12.2 Å². The summed E-state index contributed by atoms with van der Waals surface area (Å²) in [4.78, 5) is 60.4. The van der Waals surface area contributed by atoms with Crippen molar-refractivity contribution in [1.82, 2.24) is 21.3 Å². The lowest BCUT2D eigenvalue weighted by Crippen LogP contribution is -2.58. The SMILES string of the molecule is O=C(O)CNC(=O)[C@H](CS)NC(=O)[C@H](CCCCNC(=O)[C@H](O)[C@@H](O)[C@@H](O)[C@H](O)CO)NC(=O)[C@H](O)[C@@H](O)[C@@H](O)[C@H](O)CO. The number of hydrogen-bond acceptors (Lipinski definition) is 16. The van der Waals surface area contributed by atoms with Crippen molar-refractivity contribution in [3.63, 3.8) is 0 Å². The maximum atomic E-state index is 12.9. The van der Waals surface area contributed by atoms with Gasteiger partial charge in [0.05, 0.1) is 13.2 Å². The van der Waals surface area contributed by atoms with Gasteiger partial charge in [0.25, 0.3) is 11.8 Å². The van der Waals surface area contributed by atoms with Gasteiger partial charge in [-0.3, -0.25) is 24.0 Å². The van der Waals surface area contributed by atoms with E-state index in [1.807, 2.05) is 5.32 Å². The summed E-state index contributed by atoms with van der Waals surface area (Å²) in [7, 11) is 0. The van der Waals surface area contributed by atoms with E-state index in [4.69, 9.17) is 15.3 Å². The fraction of sp³-hybridized carbons (Fsp3) is 0.783. The van der Waals surface area contributed by atoms with Gasteiger partial charge in [-0.15, -0.1) is 0 Å². The highest BCUT2D eigenvalue weighted by atomic mass is 32.1. The number of nitrogens with one attached hydrogen (secondary N) is 4. The second-order valence-electron chi connectivity index (χ2n) is 9.56. The zero-order valence-electron chi connectivity index (χ0n) is 23.3. The average molecular weight is 663 g/mol. The Balaban J connectivity index is 5.42. The Labute approximate surface area is 256 Å². The smallest absolute Gasteiger partial charge is 0.322 e. The van der Waals surface area contributed by atoms with E-state index in [9.17, 15) is 64.8 Å². The topological polar surface area (TPSA) is 356 Å². The van der Waals surface area contributed by atoms with Crippen LogP contribution in [-0.4, -0.2) is 179 Å². The summed E-state index contributed by atoms with van der Waals surface area (Å²) in [5.41, 5.74) is 0. The molecule has 0 rings (SSSR count). The number of hydrogen-bond donors (Lipinski definition) is 16. The number of carbonyl (C=O) groups excluding carboxylic acids is 4. The van der Waals surface area contributed by atoms with Crippen LogP contribution in [0.4, 0.5) is 0 Å². The minimum atomic E-state index is -2.41. The number of aliphatic hydroxyl groups excluding tert-OH is 10. The first-order valence-electron chi connectivity index (χ1n) is 13.2. The standard InChI is InChI=1S/C23H42N4O16S/c28-6-11(30)14(34)16(36)18(38)22(42)24-4-2-1-3-9(21(41)27-10(8-44)20(40)25-5-13(32)33)26-23(43)19(39)17(37)15(35)12(31)7-29/h9-12,14-19,28-31,34-39,44H,1-8H2,(H,24,42)(H,25,40)(H,26,43)(H,27,41)(H,32,33)/t9-,10-,11+,12+,14-,15-,16-,17-,18+,19+/m0/s1. The molecule has 0 saturated heterocycles. The minimum absolute atomic E-state index is 0.0183. The molecule has 0 spiro atoms. The zero-order chi connectivity index (χ0) is 34.1. The molecule has 0 heterocycles. The monoisotopic (exact) mass is 662 g/mol. The summed E-state index contributed by atoms with van der Waals surface area (Å²) in [5.74, 6) is -6.21. The summed E-state index contributed by atoms with van der Waals surface area (Å²) < 4.78 is 0. The molecule has 0 aromatic rings. The molecule has 0 radical (unpaired) electrons. The van der Waals surface area contributed by atoms with Crippen molar-refractivity contribution in [3.05, 3.63) is 0 Å². The van der Waals surface area contributed by atoms with Gasteiger partial charge in [-0.25, -0.2) is 0 Å². The van der Waals surface area contributed by atoms with Crippen LogP contribution < -0.4 is 21.3 Å². The van der Waals surface area contributed by atoms with E-state index in [-0.39, 0.29) is 31.6 Å². The molecule has 0 fully saturated rings. The molecule has 256 valence electrons. The summed E-state index contributed by atoms with van der Waals surface area (Å²) in [6, 6.07) is -2.93. The van der Waals surface area contributed by atoms with Crippen LogP contribution in [0.1, 0.15) is 19.3 Å². The van der Waals surface area contributed by atoms with Gasteiger partial charge >= 0.3 is 5.97 Å². The third-order valence-electron chi connectivity index (χ3n) is 6.13. The van der Waals surface area contributed by atoms with Gasteiger partial charge in [-0.1, -0.05) is 0 Å². The Morgan fingerprint density at radius 3 is 1.52 bits per heavy atom. The quantitative estimate of drug-likeness (QED) is 0.0378. The Morgan fingerprint density at radius 2 is 1.07 bits per heavy atom. The first kappa shape index (κ1) is 41.3. The van der Waals surface area contributed by atoms with Crippen molar-refractivity contribution in [3.8, 4) is 0 Å². The molecule has 0 aliphatic heterocycles. The van der Waals surface area contributed by atoms with E-state index in [0.717, 1.165) is 0 Å². The fourth-order valence-corrected chi connectivity index (χ4v) is 3.68. The molecule has 0 aromatic carbocycles. The lowest BCUT2D eigenvalue weighted by molar-refractivity contribution is -0.150. The molecule has 15 N–H and O–H groups in total. The first-order valence-corrected chi connectivity index (χ1v) is 13.8. The van der Waals surface area contributed by atoms with Crippen LogP contribution in [0.15, 0.2) is 0 Å². The van der Waals surface area contributed by atoms with E-state index >= 15 is 0 Å². The molecule has 0 aromatic heterocycles. The van der Waals surface area contributed by atoms with Crippen molar-refractivity contribution in [2.45, 2.75) is 80.2 Å². The van der Waals surface area contributed by atoms with Crippen LogP contribution >= 0.6 is 12.6 Å². The van der Waals surface area contributed by atoms with Crippen molar-refractivity contribution in [2.75, 3.05) is 32.1 Å². The average Bonchev–Trinajstić information content (AvgIpc) is 3.01. The second-order valence-corrected chi connectivity index (χ2v) is 9.92. The molecule has 0 unspecified atom stereocenters. The Bertz CT molecular complexity index is 933. The summed E-state index contributed by atoms with van der Waals surface area (Å²) in [6.45, 7) is -2.94. The lowest BCUT2D eigenvalue weighted by atomic mass is 10.0. The molecule has 20 nitrogen and oxygen atoms in total. The molecule has 10 atom stereocenters. The van der Waals surface area contributed by atoms with Crippen LogP contribution in [0.3, 0.4) is 0 Å². The third kappa shape index (κ3) is 13.9. The van der Waals surface area contributed by atoms with Gasteiger partial charge in [-0.2, -0.15) is 12.6 Å². The highest BCUT2D eigenvalue weighted by Crippen LogP contribution is 2.09. The second kappa shape index (κ2) is 21.1. The van der Waals surface area contributed by atoms with Crippen molar-refractivity contribution >= 4 is 42.2 Å². The van der Waals surface area contributed by atoms with Gasteiger partial charge in [0.2, 0.25) is 11.8 Å². The third-order valence-corrected chi connectivity index (χ3v) is 6.49. The van der Waals surface area contributed by atoms with Crippen molar-refractivity contribution in [2.24, 2.45) is 0 Å². The van der Waals surface area contributed by atoms with Gasteiger partial charge in [-0.05, 0) is 19.3 Å². The number of carbonyl (C=O) groups is 5. The highest BCUT2D eigenvalue weighted by Gasteiger charge is 2.36. The number of amides is 4. The molecule has 0 aliphatic carbocycles. The summed E-state index contributed by atoms with van der Waals surface area (Å²) in [5, 5.41) is 113. The number of aliphatic hydroxyl groups is 10. The molecule has 0 bridgehead atoms. The van der Waals surface area contributed by atoms with E-state index in [0.29, 0.717) is 0 Å². The maximum absolute atomic E-state index is 12.9. The predicted octanol–water partition coefficient (Wildman–Crippen LogP) is -8.76. The normalized spacial score (nSPS) is 18.2. The van der Waals surface area contributed by atoms with Gasteiger partial charge < -0.3 is 77.4 Å². The van der Waals surface area contributed by atoms with Crippen LogP contribution in [-0.2, 0) is 24.0 Å². The maximum Gasteiger partial charge on any atom is 0.322 e. The minimum Gasteiger partial charge on any atom is -0.480 e. The number of aliphatic carboxylic acids is 1.